The highest BCUT2D eigenvalue weighted by Gasteiger charge is 2.14. The zero-order chi connectivity index (χ0) is 22.2. The third-order valence-electron chi connectivity index (χ3n) is 3.97. The standard InChI is InChI=1S/C20H20N4O5S2/c1-27-13-6-4-5-12(9-13)18(26)22-19-23-24-20(31-19)30-11-17(25)21-15-10-14(28-2)7-8-16(15)29-3/h4-10H,11H2,1-3H3,(H,21,25)(H,22,23,26). The largest absolute Gasteiger partial charge is 0.497 e. The number of ether oxygens (including phenoxy) is 3. The summed E-state index contributed by atoms with van der Waals surface area (Å²) in [6.45, 7) is 0. The zero-order valence-corrected chi connectivity index (χ0v) is 18.6. The van der Waals surface area contributed by atoms with Gasteiger partial charge in [-0.3, -0.25) is 14.9 Å². The van der Waals surface area contributed by atoms with Gasteiger partial charge in [0.25, 0.3) is 5.91 Å². The van der Waals surface area contributed by atoms with Crippen LogP contribution in [0.25, 0.3) is 0 Å². The molecular formula is C20H20N4O5S2. The molecule has 0 fully saturated rings. The van der Waals surface area contributed by atoms with Crippen molar-refractivity contribution in [2.75, 3.05) is 37.7 Å². The molecule has 11 heteroatoms. The molecule has 0 unspecified atom stereocenters. The number of hydrogen-bond acceptors (Lipinski definition) is 9. The molecule has 0 radical (unpaired) electrons. The first-order valence-electron chi connectivity index (χ1n) is 8.96. The Hall–Kier alpha value is -3.31. The van der Waals surface area contributed by atoms with E-state index in [-0.39, 0.29) is 17.6 Å². The van der Waals surface area contributed by atoms with Gasteiger partial charge in [-0.05, 0) is 30.3 Å². The number of aromatic nitrogens is 2. The molecule has 2 N–H and O–H groups in total. The van der Waals surface area contributed by atoms with E-state index in [4.69, 9.17) is 14.2 Å². The third-order valence-corrected chi connectivity index (χ3v) is 5.94. The quantitative estimate of drug-likeness (QED) is 0.368. The van der Waals surface area contributed by atoms with Crippen LogP contribution in [0.2, 0.25) is 0 Å². The molecule has 0 saturated heterocycles. The summed E-state index contributed by atoms with van der Waals surface area (Å²) < 4.78 is 16.1. The number of methoxy groups -OCH3 is 3. The minimum atomic E-state index is -0.325. The molecule has 162 valence electrons. The van der Waals surface area contributed by atoms with Crippen LogP contribution in [0.4, 0.5) is 10.8 Å². The van der Waals surface area contributed by atoms with Crippen LogP contribution in [-0.2, 0) is 4.79 Å². The number of hydrogen-bond donors (Lipinski definition) is 2. The Labute approximate surface area is 187 Å². The van der Waals surface area contributed by atoms with E-state index in [2.05, 4.69) is 20.8 Å². The van der Waals surface area contributed by atoms with Gasteiger partial charge < -0.3 is 19.5 Å². The average Bonchev–Trinajstić information content (AvgIpc) is 3.24. The molecule has 31 heavy (non-hydrogen) atoms. The summed E-state index contributed by atoms with van der Waals surface area (Å²) in [6, 6.07) is 11.9. The number of carbonyl (C=O) groups is 2. The van der Waals surface area contributed by atoms with Gasteiger partial charge in [0.15, 0.2) is 4.34 Å². The number of benzene rings is 2. The summed E-state index contributed by atoms with van der Waals surface area (Å²) in [5, 5.41) is 13.8. The highest BCUT2D eigenvalue weighted by atomic mass is 32.2. The van der Waals surface area contributed by atoms with Gasteiger partial charge in [0.1, 0.15) is 17.2 Å². The lowest BCUT2D eigenvalue weighted by Crippen LogP contribution is -2.14. The fraction of sp³-hybridized carbons (Fsp3) is 0.200. The summed E-state index contributed by atoms with van der Waals surface area (Å²) in [4.78, 5) is 24.7. The van der Waals surface area contributed by atoms with Gasteiger partial charge in [0.2, 0.25) is 11.0 Å². The predicted molar refractivity (Wildman–Crippen MR) is 120 cm³/mol. The number of rotatable bonds is 9. The van der Waals surface area contributed by atoms with Crippen molar-refractivity contribution >= 4 is 45.7 Å². The van der Waals surface area contributed by atoms with Crippen molar-refractivity contribution in [1.29, 1.82) is 0 Å². The number of carbonyl (C=O) groups excluding carboxylic acids is 2. The zero-order valence-electron chi connectivity index (χ0n) is 17.0. The van der Waals surface area contributed by atoms with E-state index in [1.807, 2.05) is 0 Å². The molecule has 0 spiro atoms. The van der Waals surface area contributed by atoms with E-state index in [9.17, 15) is 9.59 Å². The third kappa shape index (κ3) is 6.09. The fourth-order valence-corrected chi connectivity index (χ4v) is 4.02. The second-order valence-corrected chi connectivity index (χ2v) is 8.16. The molecule has 1 heterocycles. The SMILES string of the molecule is COc1cccc(C(=O)Nc2nnc(SCC(=O)Nc3cc(OC)ccc3OC)s2)c1. The van der Waals surface area contributed by atoms with Crippen LogP contribution in [-0.4, -0.2) is 49.1 Å². The van der Waals surface area contributed by atoms with Crippen LogP contribution in [0, 0.1) is 0 Å². The van der Waals surface area contributed by atoms with Crippen molar-refractivity contribution in [1.82, 2.24) is 10.2 Å². The maximum atomic E-state index is 12.4. The number of anilines is 2. The van der Waals surface area contributed by atoms with Crippen LogP contribution in [0.5, 0.6) is 17.2 Å². The van der Waals surface area contributed by atoms with E-state index in [1.165, 1.54) is 37.3 Å². The Bertz CT molecular complexity index is 1070. The molecule has 0 atom stereocenters. The summed E-state index contributed by atoms with van der Waals surface area (Å²) in [5.41, 5.74) is 0.950. The second kappa shape index (κ2) is 10.6. The van der Waals surface area contributed by atoms with E-state index in [0.717, 1.165) is 0 Å². The Kier molecular flexibility index (Phi) is 7.68. The normalized spacial score (nSPS) is 10.3. The summed E-state index contributed by atoms with van der Waals surface area (Å²) in [7, 11) is 4.60. The Morgan fingerprint density at radius 2 is 1.74 bits per heavy atom. The van der Waals surface area contributed by atoms with E-state index < -0.39 is 0 Å². The molecule has 0 aliphatic rings. The molecule has 0 bridgehead atoms. The van der Waals surface area contributed by atoms with E-state index in [1.54, 1.807) is 49.6 Å². The van der Waals surface area contributed by atoms with Gasteiger partial charge in [0, 0.05) is 11.6 Å². The fourth-order valence-electron chi connectivity index (χ4n) is 2.48. The van der Waals surface area contributed by atoms with E-state index >= 15 is 0 Å². The molecule has 3 aromatic rings. The Morgan fingerprint density at radius 1 is 0.968 bits per heavy atom. The lowest BCUT2D eigenvalue weighted by Gasteiger charge is -2.11. The van der Waals surface area contributed by atoms with Gasteiger partial charge >= 0.3 is 0 Å². The van der Waals surface area contributed by atoms with Gasteiger partial charge in [0.05, 0.1) is 32.8 Å². The molecule has 9 nitrogen and oxygen atoms in total. The van der Waals surface area contributed by atoms with Gasteiger partial charge in [-0.1, -0.05) is 29.2 Å². The minimum Gasteiger partial charge on any atom is -0.497 e. The molecule has 0 aliphatic carbocycles. The first-order chi connectivity index (χ1) is 15.0. The van der Waals surface area contributed by atoms with Crippen molar-refractivity contribution in [3.8, 4) is 17.2 Å². The van der Waals surface area contributed by atoms with Crippen molar-refractivity contribution in [2.24, 2.45) is 0 Å². The van der Waals surface area contributed by atoms with Gasteiger partial charge in [-0.25, -0.2) is 0 Å². The van der Waals surface area contributed by atoms with Gasteiger partial charge in [-0.15, -0.1) is 10.2 Å². The molecule has 0 saturated carbocycles. The molecule has 3 rings (SSSR count). The van der Waals surface area contributed by atoms with E-state index in [0.29, 0.717) is 38.0 Å². The molecule has 2 aromatic carbocycles. The number of nitrogens with zero attached hydrogens (tertiary/aromatic N) is 2. The van der Waals surface area contributed by atoms with Crippen LogP contribution in [0.15, 0.2) is 46.8 Å². The molecular weight excluding hydrogens is 440 g/mol. The molecule has 0 aliphatic heterocycles. The molecule has 1 aromatic heterocycles. The van der Waals surface area contributed by atoms with Crippen molar-refractivity contribution in [3.05, 3.63) is 48.0 Å². The van der Waals surface area contributed by atoms with Gasteiger partial charge in [-0.2, -0.15) is 0 Å². The number of thioether (sulfide) groups is 1. The topological polar surface area (TPSA) is 112 Å². The van der Waals surface area contributed by atoms with Crippen molar-refractivity contribution < 1.29 is 23.8 Å². The lowest BCUT2D eigenvalue weighted by atomic mass is 10.2. The van der Waals surface area contributed by atoms with Crippen LogP contribution >= 0.6 is 23.1 Å². The highest BCUT2D eigenvalue weighted by Crippen LogP contribution is 2.30. The number of amides is 2. The lowest BCUT2D eigenvalue weighted by molar-refractivity contribution is -0.113. The second-order valence-electron chi connectivity index (χ2n) is 5.96. The first kappa shape index (κ1) is 22.4. The minimum absolute atomic E-state index is 0.110. The smallest absolute Gasteiger partial charge is 0.257 e. The summed E-state index contributed by atoms with van der Waals surface area (Å²) >= 11 is 2.39. The maximum Gasteiger partial charge on any atom is 0.257 e. The highest BCUT2D eigenvalue weighted by molar-refractivity contribution is 8.01. The molecule has 2 amide bonds. The first-order valence-corrected chi connectivity index (χ1v) is 10.8. The Morgan fingerprint density at radius 3 is 2.48 bits per heavy atom. The van der Waals surface area contributed by atoms with Crippen LogP contribution < -0.4 is 24.8 Å². The van der Waals surface area contributed by atoms with Crippen LogP contribution in [0.3, 0.4) is 0 Å². The maximum absolute atomic E-state index is 12.4. The van der Waals surface area contributed by atoms with Crippen molar-refractivity contribution in [3.63, 3.8) is 0 Å². The van der Waals surface area contributed by atoms with Crippen LogP contribution in [0.1, 0.15) is 10.4 Å². The number of nitrogens with one attached hydrogen (secondary N) is 2. The monoisotopic (exact) mass is 460 g/mol. The summed E-state index contributed by atoms with van der Waals surface area (Å²) in [6.07, 6.45) is 0. The van der Waals surface area contributed by atoms with Crippen molar-refractivity contribution in [2.45, 2.75) is 4.34 Å². The predicted octanol–water partition coefficient (Wildman–Crippen LogP) is 3.55. The summed E-state index contributed by atoms with van der Waals surface area (Å²) in [5.74, 6) is 1.25. The average molecular weight is 461 g/mol. The Balaban J connectivity index is 1.55.